The van der Waals surface area contributed by atoms with Crippen molar-refractivity contribution in [2.45, 2.75) is 13.3 Å². The second-order valence-corrected chi connectivity index (χ2v) is 3.93. The fraction of sp³-hybridized carbons (Fsp3) is 0.500. The van der Waals surface area contributed by atoms with Gasteiger partial charge in [0, 0.05) is 51.6 Å². The van der Waals surface area contributed by atoms with E-state index in [9.17, 15) is 4.79 Å². The first kappa shape index (κ1) is 13.3. The zero-order chi connectivity index (χ0) is 12.7. The quantitative estimate of drug-likeness (QED) is 0.784. The van der Waals surface area contributed by atoms with Crippen molar-refractivity contribution in [1.82, 2.24) is 9.88 Å². The largest absolute Gasteiger partial charge is 0.384 e. The molecule has 0 aliphatic rings. The molecule has 1 rings (SSSR count). The van der Waals surface area contributed by atoms with Gasteiger partial charge in [-0.3, -0.25) is 4.79 Å². The Labute approximate surface area is 102 Å². The zero-order valence-corrected chi connectivity index (χ0v) is 10.7. The first-order valence-electron chi connectivity index (χ1n) is 5.77. The van der Waals surface area contributed by atoms with Crippen molar-refractivity contribution < 1.29 is 4.79 Å². The second-order valence-electron chi connectivity index (χ2n) is 3.93. The van der Waals surface area contributed by atoms with Gasteiger partial charge in [-0.05, 0) is 13.0 Å². The van der Waals surface area contributed by atoms with E-state index in [0.717, 1.165) is 18.1 Å². The Morgan fingerprint density at radius 2 is 2.18 bits per heavy atom. The number of pyridine rings is 1. The second kappa shape index (κ2) is 6.73. The average Bonchev–Trinajstić information content (AvgIpc) is 2.29. The van der Waals surface area contributed by atoms with Gasteiger partial charge in [0.2, 0.25) is 5.91 Å². The molecule has 17 heavy (non-hydrogen) atoms. The van der Waals surface area contributed by atoms with Crippen LogP contribution in [0.4, 0.5) is 11.5 Å². The lowest BCUT2D eigenvalue weighted by molar-refractivity contribution is -0.128. The average molecular weight is 236 g/mol. The van der Waals surface area contributed by atoms with Crippen LogP contribution in [-0.4, -0.2) is 43.0 Å². The molecular formula is C12H20N4O. The van der Waals surface area contributed by atoms with E-state index in [1.54, 1.807) is 25.2 Å². The molecule has 0 saturated heterocycles. The smallest absolute Gasteiger partial charge is 0.223 e. The molecule has 0 atom stereocenters. The van der Waals surface area contributed by atoms with Gasteiger partial charge in [-0.15, -0.1) is 0 Å². The van der Waals surface area contributed by atoms with Crippen LogP contribution in [0.5, 0.6) is 0 Å². The molecule has 5 heteroatoms. The fourth-order valence-corrected chi connectivity index (χ4v) is 1.36. The van der Waals surface area contributed by atoms with E-state index in [-0.39, 0.29) is 5.91 Å². The Kier molecular flexibility index (Phi) is 5.26. The van der Waals surface area contributed by atoms with Crippen LogP contribution in [0.3, 0.4) is 0 Å². The van der Waals surface area contributed by atoms with E-state index >= 15 is 0 Å². The van der Waals surface area contributed by atoms with Crippen LogP contribution >= 0.6 is 0 Å². The fourth-order valence-electron chi connectivity index (χ4n) is 1.36. The van der Waals surface area contributed by atoms with Crippen molar-refractivity contribution in [1.29, 1.82) is 0 Å². The molecule has 0 aliphatic heterocycles. The molecule has 0 saturated carbocycles. The topological polar surface area (TPSA) is 57.3 Å². The Morgan fingerprint density at radius 3 is 2.82 bits per heavy atom. The highest BCUT2D eigenvalue weighted by Gasteiger charge is 2.03. The van der Waals surface area contributed by atoms with Crippen molar-refractivity contribution in [3.05, 3.63) is 18.3 Å². The first-order valence-corrected chi connectivity index (χ1v) is 5.77. The summed E-state index contributed by atoms with van der Waals surface area (Å²) in [5.74, 6) is 0.967. The van der Waals surface area contributed by atoms with Crippen LogP contribution < -0.4 is 10.6 Å². The minimum Gasteiger partial charge on any atom is -0.384 e. The predicted octanol–water partition coefficient (Wildman–Crippen LogP) is 1.40. The molecule has 0 radical (unpaired) electrons. The number of hydrogen-bond donors (Lipinski definition) is 2. The number of hydrogen-bond acceptors (Lipinski definition) is 4. The maximum Gasteiger partial charge on any atom is 0.223 e. The van der Waals surface area contributed by atoms with Crippen LogP contribution in [-0.2, 0) is 4.79 Å². The number of aromatic nitrogens is 1. The molecule has 1 aromatic rings. The van der Waals surface area contributed by atoms with E-state index in [4.69, 9.17) is 0 Å². The molecule has 1 aromatic heterocycles. The highest BCUT2D eigenvalue weighted by atomic mass is 16.2. The summed E-state index contributed by atoms with van der Waals surface area (Å²) in [5.41, 5.74) is 0.975. The lowest BCUT2D eigenvalue weighted by atomic mass is 10.3. The Balaban J connectivity index is 2.41. The van der Waals surface area contributed by atoms with E-state index in [1.807, 2.05) is 19.1 Å². The number of amides is 1. The van der Waals surface area contributed by atoms with Gasteiger partial charge in [0.05, 0.1) is 0 Å². The van der Waals surface area contributed by atoms with Crippen molar-refractivity contribution in [2.24, 2.45) is 0 Å². The third kappa shape index (κ3) is 4.72. The molecule has 5 nitrogen and oxygen atoms in total. The zero-order valence-electron chi connectivity index (χ0n) is 10.7. The van der Waals surface area contributed by atoms with Crippen molar-refractivity contribution >= 4 is 17.4 Å². The van der Waals surface area contributed by atoms with Gasteiger partial charge < -0.3 is 15.5 Å². The number of carbonyl (C=O) groups is 1. The molecule has 0 fully saturated rings. The summed E-state index contributed by atoms with van der Waals surface area (Å²) in [6.45, 7) is 3.50. The highest BCUT2D eigenvalue weighted by Crippen LogP contribution is 2.11. The van der Waals surface area contributed by atoms with Gasteiger partial charge in [0.25, 0.3) is 0 Å². The molecule has 0 aliphatic carbocycles. The van der Waals surface area contributed by atoms with Crippen LogP contribution in [0.15, 0.2) is 18.3 Å². The van der Waals surface area contributed by atoms with Gasteiger partial charge in [-0.2, -0.15) is 0 Å². The number of rotatable bonds is 6. The van der Waals surface area contributed by atoms with Gasteiger partial charge >= 0.3 is 0 Å². The summed E-state index contributed by atoms with van der Waals surface area (Å²) < 4.78 is 0. The van der Waals surface area contributed by atoms with E-state index in [2.05, 4.69) is 15.6 Å². The molecule has 0 bridgehead atoms. The number of nitrogens with one attached hydrogen (secondary N) is 2. The summed E-state index contributed by atoms with van der Waals surface area (Å²) >= 11 is 0. The molecule has 94 valence electrons. The maximum absolute atomic E-state index is 11.4. The van der Waals surface area contributed by atoms with E-state index in [1.165, 1.54) is 0 Å². The summed E-state index contributed by atoms with van der Waals surface area (Å²) in [5, 5.41) is 6.34. The normalized spacial score (nSPS) is 9.82. The third-order valence-electron chi connectivity index (χ3n) is 2.28. The molecule has 0 spiro atoms. The summed E-state index contributed by atoms with van der Waals surface area (Å²) in [7, 11) is 3.52. The SMILES string of the molecule is CCNc1cc(NCCC(=O)N(C)C)ccn1. The van der Waals surface area contributed by atoms with Crippen LogP contribution in [0.25, 0.3) is 0 Å². The maximum atomic E-state index is 11.4. The molecule has 1 heterocycles. The summed E-state index contributed by atoms with van der Waals surface area (Å²) in [4.78, 5) is 17.1. The van der Waals surface area contributed by atoms with Gasteiger partial charge in [-0.1, -0.05) is 0 Å². The van der Waals surface area contributed by atoms with Gasteiger partial charge in [0.15, 0.2) is 0 Å². The monoisotopic (exact) mass is 236 g/mol. The Morgan fingerprint density at radius 1 is 1.41 bits per heavy atom. The van der Waals surface area contributed by atoms with Crippen molar-refractivity contribution in [3.8, 4) is 0 Å². The number of carbonyl (C=O) groups excluding carboxylic acids is 1. The van der Waals surface area contributed by atoms with Gasteiger partial charge in [0.1, 0.15) is 5.82 Å². The lowest BCUT2D eigenvalue weighted by Crippen LogP contribution is -2.23. The van der Waals surface area contributed by atoms with Crippen molar-refractivity contribution in [2.75, 3.05) is 37.8 Å². The van der Waals surface area contributed by atoms with E-state index in [0.29, 0.717) is 13.0 Å². The third-order valence-corrected chi connectivity index (χ3v) is 2.28. The molecule has 0 aromatic carbocycles. The molecular weight excluding hydrogens is 216 g/mol. The summed E-state index contributed by atoms with van der Waals surface area (Å²) in [6.07, 6.45) is 2.24. The first-order chi connectivity index (χ1) is 8.13. The van der Waals surface area contributed by atoms with E-state index < -0.39 is 0 Å². The van der Waals surface area contributed by atoms with Crippen LogP contribution in [0.1, 0.15) is 13.3 Å². The number of nitrogens with zero attached hydrogens (tertiary/aromatic N) is 2. The Bertz CT molecular complexity index is 365. The standard InChI is InChI=1S/C12H20N4O/c1-4-13-11-9-10(5-7-15-11)14-8-6-12(17)16(2)3/h5,7,9H,4,6,8H2,1-3H3,(H2,13,14,15). The number of anilines is 2. The van der Waals surface area contributed by atoms with Gasteiger partial charge in [-0.25, -0.2) is 4.98 Å². The summed E-state index contributed by atoms with van der Waals surface area (Å²) in [6, 6.07) is 3.82. The minimum absolute atomic E-state index is 0.124. The molecule has 0 unspecified atom stereocenters. The predicted molar refractivity (Wildman–Crippen MR) is 70.2 cm³/mol. The molecule has 2 N–H and O–H groups in total. The van der Waals surface area contributed by atoms with Crippen LogP contribution in [0, 0.1) is 0 Å². The molecule has 1 amide bonds. The highest BCUT2D eigenvalue weighted by molar-refractivity contribution is 5.76. The van der Waals surface area contributed by atoms with Crippen LogP contribution in [0.2, 0.25) is 0 Å². The lowest BCUT2D eigenvalue weighted by Gasteiger charge is -2.11. The minimum atomic E-state index is 0.124. The Hall–Kier alpha value is -1.78. The van der Waals surface area contributed by atoms with Crippen molar-refractivity contribution in [3.63, 3.8) is 0 Å².